The number of methoxy groups -OCH3 is 1. The summed E-state index contributed by atoms with van der Waals surface area (Å²) in [5.74, 6) is 0.988. The predicted molar refractivity (Wildman–Crippen MR) is 100 cm³/mol. The molecule has 1 saturated heterocycles. The van der Waals surface area contributed by atoms with Gasteiger partial charge in [0.05, 0.1) is 13.5 Å². The number of hydrogen-bond acceptors (Lipinski definition) is 4. The lowest BCUT2D eigenvalue weighted by Gasteiger charge is -2.31. The number of amides is 2. The molecule has 1 aromatic heterocycles. The van der Waals surface area contributed by atoms with Gasteiger partial charge in [0.1, 0.15) is 5.75 Å². The standard InChI is InChI=1S/C19H21BrN2O4/c1-25-15-4-2-13(3-5-15)12-18(23)21-14-8-10-22(11-9-14)19(24)16-6-7-17(20)26-16/h2-7,14H,8-12H2,1H3,(H,21,23). The molecule has 2 amide bonds. The van der Waals surface area contributed by atoms with Crippen molar-refractivity contribution in [2.45, 2.75) is 25.3 Å². The molecule has 1 aliphatic heterocycles. The monoisotopic (exact) mass is 420 g/mol. The Morgan fingerprint density at radius 3 is 2.46 bits per heavy atom. The maximum atomic E-state index is 12.3. The van der Waals surface area contributed by atoms with Gasteiger partial charge in [0, 0.05) is 19.1 Å². The number of furan rings is 1. The second kappa shape index (κ2) is 8.40. The van der Waals surface area contributed by atoms with Crippen molar-refractivity contribution >= 4 is 27.7 Å². The van der Waals surface area contributed by atoms with E-state index in [0.29, 0.717) is 29.9 Å². The van der Waals surface area contributed by atoms with E-state index < -0.39 is 0 Å². The Bertz CT molecular complexity index is 764. The van der Waals surface area contributed by atoms with Crippen LogP contribution in [0, 0.1) is 0 Å². The van der Waals surface area contributed by atoms with Gasteiger partial charge in [-0.2, -0.15) is 0 Å². The molecule has 1 N–H and O–H groups in total. The largest absolute Gasteiger partial charge is 0.497 e. The number of carbonyl (C=O) groups is 2. The fourth-order valence-corrected chi connectivity index (χ4v) is 3.33. The molecule has 0 atom stereocenters. The second-order valence-corrected chi connectivity index (χ2v) is 7.04. The van der Waals surface area contributed by atoms with Crippen LogP contribution in [0.2, 0.25) is 0 Å². The predicted octanol–water partition coefficient (Wildman–Crippen LogP) is 3.01. The average Bonchev–Trinajstić information content (AvgIpc) is 3.09. The van der Waals surface area contributed by atoms with Crippen molar-refractivity contribution in [3.05, 3.63) is 52.4 Å². The summed E-state index contributed by atoms with van der Waals surface area (Å²) in [5, 5.41) is 3.06. The fraction of sp³-hybridized carbons (Fsp3) is 0.368. The van der Waals surface area contributed by atoms with Crippen molar-refractivity contribution in [3.8, 4) is 5.75 Å². The van der Waals surface area contributed by atoms with Gasteiger partial charge in [-0.25, -0.2) is 0 Å². The summed E-state index contributed by atoms with van der Waals surface area (Å²) in [7, 11) is 1.61. The Hall–Kier alpha value is -2.28. The van der Waals surface area contributed by atoms with Crippen molar-refractivity contribution in [2.24, 2.45) is 0 Å². The quantitative estimate of drug-likeness (QED) is 0.806. The zero-order chi connectivity index (χ0) is 18.5. The summed E-state index contributed by atoms with van der Waals surface area (Å²) in [6, 6.07) is 10.9. The molecule has 0 unspecified atom stereocenters. The molecule has 0 saturated carbocycles. The van der Waals surface area contributed by atoms with Gasteiger partial charge in [-0.15, -0.1) is 0 Å². The molecule has 1 aliphatic rings. The summed E-state index contributed by atoms with van der Waals surface area (Å²) < 4.78 is 11.0. The zero-order valence-corrected chi connectivity index (χ0v) is 16.1. The Labute approximate surface area is 160 Å². The maximum Gasteiger partial charge on any atom is 0.289 e. The van der Waals surface area contributed by atoms with Crippen LogP contribution in [0.15, 0.2) is 45.5 Å². The summed E-state index contributed by atoms with van der Waals surface area (Å²) in [6.45, 7) is 1.20. The van der Waals surface area contributed by atoms with Crippen molar-refractivity contribution in [2.75, 3.05) is 20.2 Å². The number of hydrogen-bond donors (Lipinski definition) is 1. The van der Waals surface area contributed by atoms with Gasteiger partial charge in [0.2, 0.25) is 5.91 Å². The number of rotatable bonds is 5. The van der Waals surface area contributed by atoms with Crippen molar-refractivity contribution in [1.82, 2.24) is 10.2 Å². The van der Waals surface area contributed by atoms with Gasteiger partial charge in [0.15, 0.2) is 10.4 Å². The number of likely N-dealkylation sites (tertiary alicyclic amines) is 1. The Morgan fingerprint density at radius 1 is 1.19 bits per heavy atom. The first-order valence-corrected chi connectivity index (χ1v) is 9.31. The molecule has 2 heterocycles. The molecule has 7 heteroatoms. The molecule has 1 fully saturated rings. The summed E-state index contributed by atoms with van der Waals surface area (Å²) in [6.07, 6.45) is 1.81. The molecule has 0 radical (unpaired) electrons. The average molecular weight is 421 g/mol. The number of nitrogens with one attached hydrogen (secondary N) is 1. The number of ether oxygens (including phenoxy) is 1. The van der Waals surface area contributed by atoms with Crippen LogP contribution in [-0.2, 0) is 11.2 Å². The van der Waals surface area contributed by atoms with Crippen LogP contribution >= 0.6 is 15.9 Å². The summed E-state index contributed by atoms with van der Waals surface area (Å²) >= 11 is 3.20. The summed E-state index contributed by atoms with van der Waals surface area (Å²) in [5.41, 5.74) is 0.944. The topological polar surface area (TPSA) is 71.8 Å². The van der Waals surface area contributed by atoms with Crippen molar-refractivity contribution in [3.63, 3.8) is 0 Å². The lowest BCUT2D eigenvalue weighted by Crippen LogP contribution is -2.46. The highest BCUT2D eigenvalue weighted by molar-refractivity contribution is 9.10. The molecule has 0 spiro atoms. The van der Waals surface area contributed by atoms with E-state index in [1.54, 1.807) is 24.1 Å². The number of carbonyl (C=O) groups excluding carboxylic acids is 2. The van der Waals surface area contributed by atoms with Crippen molar-refractivity contribution < 1.29 is 18.7 Å². The first-order chi connectivity index (χ1) is 12.5. The number of nitrogens with zero attached hydrogens (tertiary/aromatic N) is 1. The molecule has 138 valence electrons. The second-order valence-electron chi connectivity index (χ2n) is 6.26. The van der Waals surface area contributed by atoms with Crippen LogP contribution in [0.4, 0.5) is 0 Å². The van der Waals surface area contributed by atoms with E-state index in [1.807, 2.05) is 24.3 Å². The molecule has 2 aromatic rings. The van der Waals surface area contributed by atoms with Gasteiger partial charge in [-0.1, -0.05) is 12.1 Å². The van der Waals surface area contributed by atoms with Gasteiger partial charge >= 0.3 is 0 Å². The van der Waals surface area contributed by atoms with E-state index in [4.69, 9.17) is 9.15 Å². The molecule has 6 nitrogen and oxygen atoms in total. The Kier molecular flexibility index (Phi) is 5.98. The minimum atomic E-state index is -0.112. The number of benzene rings is 1. The highest BCUT2D eigenvalue weighted by atomic mass is 79.9. The Balaban J connectivity index is 1.45. The third-order valence-electron chi connectivity index (χ3n) is 4.46. The lowest BCUT2D eigenvalue weighted by atomic mass is 10.0. The highest BCUT2D eigenvalue weighted by Gasteiger charge is 2.26. The minimum Gasteiger partial charge on any atom is -0.497 e. The SMILES string of the molecule is COc1ccc(CC(=O)NC2CCN(C(=O)c3ccc(Br)o3)CC2)cc1. The third kappa shape index (κ3) is 4.66. The van der Waals surface area contributed by atoms with E-state index in [-0.39, 0.29) is 17.9 Å². The smallest absolute Gasteiger partial charge is 0.289 e. The van der Waals surface area contributed by atoms with E-state index in [9.17, 15) is 9.59 Å². The van der Waals surface area contributed by atoms with E-state index in [1.165, 1.54) is 0 Å². The number of piperidine rings is 1. The first-order valence-electron chi connectivity index (χ1n) is 8.52. The molecule has 0 aliphatic carbocycles. The van der Waals surface area contributed by atoms with Gasteiger partial charge in [-0.3, -0.25) is 9.59 Å². The Morgan fingerprint density at radius 2 is 1.88 bits per heavy atom. The highest BCUT2D eigenvalue weighted by Crippen LogP contribution is 2.19. The third-order valence-corrected chi connectivity index (χ3v) is 4.88. The minimum absolute atomic E-state index is 0.00471. The van der Waals surface area contributed by atoms with Crippen LogP contribution in [0.25, 0.3) is 0 Å². The van der Waals surface area contributed by atoms with E-state index >= 15 is 0 Å². The molecule has 1 aromatic carbocycles. The lowest BCUT2D eigenvalue weighted by molar-refractivity contribution is -0.121. The zero-order valence-electron chi connectivity index (χ0n) is 14.5. The fourth-order valence-electron chi connectivity index (χ4n) is 3.02. The normalized spacial score (nSPS) is 14.9. The summed E-state index contributed by atoms with van der Waals surface area (Å²) in [4.78, 5) is 26.3. The van der Waals surface area contributed by atoms with Gasteiger partial charge in [-0.05, 0) is 58.6 Å². The van der Waals surface area contributed by atoms with Crippen LogP contribution in [0.3, 0.4) is 0 Å². The van der Waals surface area contributed by atoms with Gasteiger partial charge < -0.3 is 19.4 Å². The molecule has 0 bridgehead atoms. The van der Waals surface area contributed by atoms with Crippen molar-refractivity contribution in [1.29, 1.82) is 0 Å². The first kappa shape index (κ1) is 18.5. The van der Waals surface area contributed by atoms with Crippen LogP contribution < -0.4 is 10.1 Å². The van der Waals surface area contributed by atoms with E-state index in [2.05, 4.69) is 21.2 Å². The molecular formula is C19H21BrN2O4. The molecule has 3 rings (SSSR count). The van der Waals surface area contributed by atoms with Crippen LogP contribution in [0.5, 0.6) is 5.75 Å². The molecular weight excluding hydrogens is 400 g/mol. The molecule has 26 heavy (non-hydrogen) atoms. The maximum absolute atomic E-state index is 12.3. The van der Waals surface area contributed by atoms with Crippen LogP contribution in [-0.4, -0.2) is 43.0 Å². The van der Waals surface area contributed by atoms with E-state index in [0.717, 1.165) is 24.2 Å². The van der Waals surface area contributed by atoms with Crippen LogP contribution in [0.1, 0.15) is 29.0 Å². The number of halogens is 1. The van der Waals surface area contributed by atoms with Gasteiger partial charge in [0.25, 0.3) is 5.91 Å².